The van der Waals surface area contributed by atoms with E-state index >= 15 is 0 Å². The van der Waals surface area contributed by atoms with E-state index in [0.29, 0.717) is 11.9 Å². The maximum atomic E-state index is 12.0. The van der Waals surface area contributed by atoms with E-state index in [9.17, 15) is 13.2 Å². The molecule has 1 fully saturated rings. The van der Waals surface area contributed by atoms with E-state index < -0.39 is 12.7 Å². The van der Waals surface area contributed by atoms with Crippen LogP contribution in [0.1, 0.15) is 12.8 Å². The Hall–Kier alpha value is 0.230. The van der Waals surface area contributed by atoms with Crippen LogP contribution in [-0.2, 0) is 0 Å². The van der Waals surface area contributed by atoms with Crippen molar-refractivity contribution in [3.05, 3.63) is 0 Å². The molecular formula is C7H11BrF3N. The van der Waals surface area contributed by atoms with Crippen molar-refractivity contribution in [1.82, 2.24) is 4.90 Å². The molecule has 1 heterocycles. The van der Waals surface area contributed by atoms with Crippen molar-refractivity contribution < 1.29 is 13.2 Å². The predicted molar refractivity (Wildman–Crippen MR) is 44.4 cm³/mol. The Balaban J connectivity index is 2.41. The van der Waals surface area contributed by atoms with Gasteiger partial charge < -0.3 is 0 Å². The molecule has 1 unspecified atom stereocenters. The second kappa shape index (κ2) is 3.96. The molecule has 0 spiro atoms. The first-order valence-electron chi connectivity index (χ1n) is 3.89. The smallest absolute Gasteiger partial charge is 0.291 e. The normalized spacial score (nSPS) is 26.5. The van der Waals surface area contributed by atoms with E-state index in [1.807, 2.05) is 0 Å². The molecular weight excluding hydrogens is 235 g/mol. The molecule has 1 nitrogen and oxygen atoms in total. The van der Waals surface area contributed by atoms with Gasteiger partial charge in [0.2, 0.25) is 0 Å². The summed E-state index contributed by atoms with van der Waals surface area (Å²) in [5, 5.41) is 0.642. The average Bonchev–Trinajstić information content (AvgIpc) is 2.31. The van der Waals surface area contributed by atoms with Crippen LogP contribution in [0.15, 0.2) is 0 Å². The zero-order valence-corrected chi connectivity index (χ0v) is 8.16. The number of alkyl halides is 4. The van der Waals surface area contributed by atoms with Crippen LogP contribution in [-0.4, -0.2) is 35.5 Å². The summed E-state index contributed by atoms with van der Waals surface area (Å²) in [5.74, 6) is 0. The monoisotopic (exact) mass is 245 g/mol. The molecule has 0 N–H and O–H groups in total. The molecule has 0 aromatic carbocycles. The highest BCUT2D eigenvalue weighted by Gasteiger charge is 2.35. The second-order valence-corrected chi connectivity index (χ2v) is 3.68. The number of hydrogen-bond acceptors (Lipinski definition) is 1. The third kappa shape index (κ3) is 2.94. The zero-order valence-electron chi connectivity index (χ0n) is 6.57. The Bertz CT molecular complexity index is 148. The van der Waals surface area contributed by atoms with Crippen LogP contribution in [0, 0.1) is 0 Å². The van der Waals surface area contributed by atoms with Crippen molar-refractivity contribution in [2.45, 2.75) is 25.1 Å². The Morgan fingerprint density at radius 2 is 2.08 bits per heavy atom. The van der Waals surface area contributed by atoms with Gasteiger partial charge in [0, 0.05) is 11.4 Å². The molecule has 1 rings (SSSR count). The first kappa shape index (κ1) is 10.3. The van der Waals surface area contributed by atoms with Crippen LogP contribution in [0.2, 0.25) is 0 Å². The third-order valence-electron chi connectivity index (χ3n) is 2.06. The largest absolute Gasteiger partial charge is 0.401 e. The average molecular weight is 246 g/mol. The number of nitrogens with zero attached hydrogens (tertiary/aromatic N) is 1. The van der Waals surface area contributed by atoms with Gasteiger partial charge in [-0.1, -0.05) is 15.9 Å². The molecule has 1 atom stereocenters. The van der Waals surface area contributed by atoms with Crippen molar-refractivity contribution >= 4 is 15.9 Å². The predicted octanol–water partition coefficient (Wildman–Crippen LogP) is 2.41. The van der Waals surface area contributed by atoms with E-state index in [1.165, 1.54) is 4.90 Å². The SMILES string of the molecule is FC(F)(F)CN1CCCC1CBr. The summed E-state index contributed by atoms with van der Waals surface area (Å²) >= 11 is 3.22. The molecule has 0 amide bonds. The number of likely N-dealkylation sites (tertiary alicyclic amines) is 1. The lowest BCUT2D eigenvalue weighted by Gasteiger charge is -2.23. The third-order valence-corrected chi connectivity index (χ3v) is 2.81. The van der Waals surface area contributed by atoms with Crippen LogP contribution < -0.4 is 0 Å². The lowest BCUT2D eigenvalue weighted by atomic mass is 10.2. The van der Waals surface area contributed by atoms with Gasteiger partial charge in [0.25, 0.3) is 0 Å². The van der Waals surface area contributed by atoms with Gasteiger partial charge >= 0.3 is 6.18 Å². The van der Waals surface area contributed by atoms with Crippen LogP contribution in [0.4, 0.5) is 13.2 Å². The lowest BCUT2D eigenvalue weighted by molar-refractivity contribution is -0.146. The van der Waals surface area contributed by atoms with E-state index in [4.69, 9.17) is 0 Å². The molecule has 0 saturated carbocycles. The van der Waals surface area contributed by atoms with Crippen molar-refractivity contribution in [3.63, 3.8) is 0 Å². The summed E-state index contributed by atoms with van der Waals surface area (Å²) < 4.78 is 35.9. The maximum Gasteiger partial charge on any atom is 0.401 e. The first-order valence-corrected chi connectivity index (χ1v) is 5.02. The van der Waals surface area contributed by atoms with Crippen molar-refractivity contribution in [2.24, 2.45) is 0 Å². The molecule has 0 aliphatic carbocycles. The summed E-state index contributed by atoms with van der Waals surface area (Å²) in [6, 6.07) is 0.0756. The molecule has 0 aromatic heterocycles. The molecule has 0 radical (unpaired) electrons. The van der Waals surface area contributed by atoms with Gasteiger partial charge in [-0.05, 0) is 19.4 Å². The van der Waals surface area contributed by atoms with E-state index in [1.54, 1.807) is 0 Å². The maximum absolute atomic E-state index is 12.0. The number of hydrogen-bond donors (Lipinski definition) is 0. The second-order valence-electron chi connectivity index (χ2n) is 3.04. The van der Waals surface area contributed by atoms with Crippen molar-refractivity contribution in [3.8, 4) is 0 Å². The molecule has 5 heteroatoms. The van der Waals surface area contributed by atoms with Gasteiger partial charge in [0.1, 0.15) is 0 Å². The van der Waals surface area contributed by atoms with Gasteiger partial charge in [-0.2, -0.15) is 13.2 Å². The fourth-order valence-electron chi connectivity index (χ4n) is 1.51. The van der Waals surface area contributed by atoms with Crippen LogP contribution in [0.5, 0.6) is 0 Å². The highest BCUT2D eigenvalue weighted by Crippen LogP contribution is 2.24. The minimum atomic E-state index is -4.05. The Labute approximate surface area is 78.0 Å². The van der Waals surface area contributed by atoms with E-state index in [2.05, 4.69) is 15.9 Å². The molecule has 0 bridgehead atoms. The quantitative estimate of drug-likeness (QED) is 0.676. The standard InChI is InChI=1S/C7H11BrF3N/c8-4-6-2-1-3-12(6)5-7(9,10)11/h6H,1-5H2. The Morgan fingerprint density at radius 1 is 1.42 bits per heavy atom. The Kier molecular flexibility index (Phi) is 3.40. The summed E-state index contributed by atoms with van der Waals surface area (Å²) in [6.45, 7) is -0.182. The van der Waals surface area contributed by atoms with Gasteiger partial charge in [-0.15, -0.1) is 0 Å². The molecule has 1 aliphatic heterocycles. The first-order chi connectivity index (χ1) is 5.53. The minimum Gasteiger partial charge on any atom is -0.291 e. The molecule has 0 aromatic rings. The number of rotatable bonds is 2. The van der Waals surface area contributed by atoms with Gasteiger partial charge in [-0.3, -0.25) is 4.90 Å². The fourth-order valence-corrected chi connectivity index (χ4v) is 2.24. The van der Waals surface area contributed by atoms with Gasteiger partial charge in [0.05, 0.1) is 6.54 Å². The van der Waals surface area contributed by atoms with Crippen LogP contribution in [0.3, 0.4) is 0 Å². The highest BCUT2D eigenvalue weighted by atomic mass is 79.9. The topological polar surface area (TPSA) is 3.24 Å². The van der Waals surface area contributed by atoms with Gasteiger partial charge in [-0.25, -0.2) is 0 Å². The Morgan fingerprint density at radius 3 is 2.58 bits per heavy atom. The fraction of sp³-hybridized carbons (Fsp3) is 1.00. The van der Waals surface area contributed by atoms with Gasteiger partial charge in [0.15, 0.2) is 0 Å². The summed E-state index contributed by atoms with van der Waals surface area (Å²) in [4.78, 5) is 1.49. The van der Waals surface area contributed by atoms with E-state index in [0.717, 1.165) is 12.8 Å². The molecule has 1 saturated heterocycles. The molecule has 1 aliphatic rings. The lowest BCUT2D eigenvalue weighted by Crippen LogP contribution is -2.38. The van der Waals surface area contributed by atoms with Crippen LogP contribution >= 0.6 is 15.9 Å². The highest BCUT2D eigenvalue weighted by molar-refractivity contribution is 9.09. The summed E-state index contributed by atoms with van der Waals surface area (Å²) in [7, 11) is 0. The minimum absolute atomic E-state index is 0.0756. The van der Waals surface area contributed by atoms with Crippen molar-refractivity contribution in [2.75, 3.05) is 18.4 Å². The van der Waals surface area contributed by atoms with Crippen LogP contribution in [0.25, 0.3) is 0 Å². The summed E-state index contributed by atoms with van der Waals surface area (Å²) in [5.41, 5.74) is 0. The zero-order chi connectivity index (χ0) is 9.19. The molecule has 72 valence electrons. The number of halogens is 4. The summed E-state index contributed by atoms with van der Waals surface area (Å²) in [6.07, 6.45) is -2.29. The molecule has 12 heavy (non-hydrogen) atoms. The van der Waals surface area contributed by atoms with E-state index in [-0.39, 0.29) is 6.04 Å². The van der Waals surface area contributed by atoms with Crippen molar-refractivity contribution in [1.29, 1.82) is 0 Å².